The zero-order valence-electron chi connectivity index (χ0n) is 7.09. The highest BCUT2D eigenvalue weighted by atomic mass is 16.5. The molecule has 0 saturated carbocycles. The molecule has 0 radical (unpaired) electrons. The zero-order chi connectivity index (χ0) is 8.69. The average Bonchev–Trinajstić information content (AvgIpc) is 2.03. The average molecular weight is 157 g/mol. The van der Waals surface area contributed by atoms with E-state index in [0.717, 1.165) is 12.8 Å². The second-order valence-electron chi connectivity index (χ2n) is 2.31. The van der Waals surface area contributed by atoms with Gasteiger partial charge in [0.1, 0.15) is 0 Å². The largest absolute Gasteiger partial charge is 0.466 e. The second-order valence-corrected chi connectivity index (χ2v) is 2.31. The van der Waals surface area contributed by atoms with Crippen LogP contribution in [0.2, 0.25) is 0 Å². The number of allylic oxidation sites excluding steroid dienone is 1. The van der Waals surface area contributed by atoms with Gasteiger partial charge in [0.2, 0.25) is 0 Å². The summed E-state index contributed by atoms with van der Waals surface area (Å²) in [5, 5.41) is 0. The highest BCUT2D eigenvalue weighted by Crippen LogP contribution is 1.99. The predicted octanol–water partition coefficient (Wildman–Crippen LogP) is 0.845. The van der Waals surface area contributed by atoms with Crippen molar-refractivity contribution in [3.63, 3.8) is 0 Å². The maximum atomic E-state index is 10.8. The fourth-order valence-electron chi connectivity index (χ4n) is 0.681. The van der Waals surface area contributed by atoms with E-state index < -0.39 is 0 Å². The Morgan fingerprint density at radius 3 is 2.73 bits per heavy atom. The summed E-state index contributed by atoms with van der Waals surface area (Å²) in [6, 6.07) is 0. The van der Waals surface area contributed by atoms with Crippen LogP contribution in [-0.4, -0.2) is 19.6 Å². The lowest BCUT2D eigenvalue weighted by Crippen LogP contribution is -2.02. The minimum Gasteiger partial charge on any atom is -0.466 e. The lowest BCUT2D eigenvalue weighted by atomic mass is 10.2. The van der Waals surface area contributed by atoms with Crippen LogP contribution in [-0.2, 0) is 9.53 Å². The molecular weight excluding hydrogens is 142 g/mol. The maximum absolute atomic E-state index is 10.8. The first-order chi connectivity index (χ1) is 5.22. The van der Waals surface area contributed by atoms with Crippen molar-refractivity contribution in [1.82, 2.24) is 0 Å². The standard InChI is InChI=1S/C8H15NO2/c1-7(8(10)11-2)5-3-4-6-9/h5H,3-4,6,9H2,1-2H3. The summed E-state index contributed by atoms with van der Waals surface area (Å²) >= 11 is 0. The van der Waals surface area contributed by atoms with E-state index in [1.807, 2.05) is 6.08 Å². The molecule has 0 atom stereocenters. The van der Waals surface area contributed by atoms with Gasteiger partial charge in [-0.15, -0.1) is 0 Å². The highest BCUT2D eigenvalue weighted by Gasteiger charge is 2.00. The van der Waals surface area contributed by atoms with Gasteiger partial charge in [-0.3, -0.25) is 0 Å². The van der Waals surface area contributed by atoms with Gasteiger partial charge in [-0.25, -0.2) is 4.79 Å². The molecule has 0 aliphatic rings. The predicted molar refractivity (Wildman–Crippen MR) is 44.1 cm³/mol. The molecule has 0 heterocycles. The third kappa shape index (κ3) is 4.56. The molecule has 0 amide bonds. The van der Waals surface area contributed by atoms with Gasteiger partial charge in [-0.2, -0.15) is 0 Å². The molecule has 0 spiro atoms. The van der Waals surface area contributed by atoms with Crippen molar-refractivity contribution in [1.29, 1.82) is 0 Å². The van der Waals surface area contributed by atoms with E-state index in [-0.39, 0.29) is 5.97 Å². The molecule has 0 aromatic heterocycles. The molecule has 3 heteroatoms. The molecule has 3 nitrogen and oxygen atoms in total. The van der Waals surface area contributed by atoms with Crippen LogP contribution in [0.1, 0.15) is 19.8 Å². The molecule has 11 heavy (non-hydrogen) atoms. The number of carbonyl (C=O) groups is 1. The molecule has 64 valence electrons. The minimum atomic E-state index is -0.262. The van der Waals surface area contributed by atoms with Crippen LogP contribution in [0.3, 0.4) is 0 Å². The third-order valence-electron chi connectivity index (χ3n) is 1.37. The fourth-order valence-corrected chi connectivity index (χ4v) is 0.681. The van der Waals surface area contributed by atoms with Crippen molar-refractivity contribution in [2.45, 2.75) is 19.8 Å². The smallest absolute Gasteiger partial charge is 0.333 e. The Morgan fingerprint density at radius 1 is 1.64 bits per heavy atom. The van der Waals surface area contributed by atoms with Crippen LogP contribution in [0.25, 0.3) is 0 Å². The van der Waals surface area contributed by atoms with Gasteiger partial charge in [0.15, 0.2) is 0 Å². The number of hydrogen-bond donors (Lipinski definition) is 1. The number of carbonyl (C=O) groups excluding carboxylic acids is 1. The Hall–Kier alpha value is -0.830. The molecule has 0 fully saturated rings. The first kappa shape index (κ1) is 10.2. The van der Waals surface area contributed by atoms with Crippen LogP contribution >= 0.6 is 0 Å². The lowest BCUT2D eigenvalue weighted by Gasteiger charge is -1.97. The van der Waals surface area contributed by atoms with Crippen LogP contribution < -0.4 is 5.73 Å². The Labute approximate surface area is 67.2 Å². The molecule has 0 aromatic carbocycles. The molecule has 0 rings (SSSR count). The number of unbranched alkanes of at least 4 members (excludes halogenated alkanes) is 1. The molecule has 0 aliphatic heterocycles. The first-order valence-corrected chi connectivity index (χ1v) is 3.67. The minimum absolute atomic E-state index is 0.262. The summed E-state index contributed by atoms with van der Waals surface area (Å²) in [6.45, 7) is 2.40. The molecule has 0 unspecified atom stereocenters. The maximum Gasteiger partial charge on any atom is 0.333 e. The van der Waals surface area contributed by atoms with E-state index >= 15 is 0 Å². The van der Waals surface area contributed by atoms with Gasteiger partial charge in [0, 0.05) is 5.57 Å². The van der Waals surface area contributed by atoms with E-state index in [1.54, 1.807) is 6.92 Å². The first-order valence-electron chi connectivity index (χ1n) is 3.67. The van der Waals surface area contributed by atoms with Crippen LogP contribution in [0.4, 0.5) is 0 Å². The molecule has 0 aliphatic carbocycles. The van der Waals surface area contributed by atoms with Gasteiger partial charge >= 0.3 is 5.97 Å². The van der Waals surface area contributed by atoms with Crippen molar-refractivity contribution >= 4 is 5.97 Å². The monoisotopic (exact) mass is 157 g/mol. The number of ether oxygens (including phenoxy) is 1. The topological polar surface area (TPSA) is 52.3 Å². The summed E-state index contributed by atoms with van der Waals surface area (Å²) in [4.78, 5) is 10.8. The van der Waals surface area contributed by atoms with Crippen LogP contribution in [0, 0.1) is 0 Å². The Bertz CT molecular complexity index is 152. The quantitative estimate of drug-likeness (QED) is 0.374. The fraction of sp³-hybridized carbons (Fsp3) is 0.625. The number of esters is 1. The SMILES string of the molecule is COC(=O)C(C)=CCCCN. The Kier molecular flexibility index (Phi) is 5.47. The summed E-state index contributed by atoms with van der Waals surface area (Å²) in [7, 11) is 1.38. The van der Waals surface area contributed by atoms with Crippen molar-refractivity contribution < 1.29 is 9.53 Å². The summed E-state index contributed by atoms with van der Waals surface area (Å²) < 4.78 is 4.50. The van der Waals surface area contributed by atoms with Gasteiger partial charge in [-0.1, -0.05) is 6.08 Å². The molecule has 0 aromatic rings. The van der Waals surface area contributed by atoms with Gasteiger partial charge in [-0.05, 0) is 26.3 Å². The van der Waals surface area contributed by atoms with Gasteiger partial charge < -0.3 is 10.5 Å². The van der Waals surface area contributed by atoms with E-state index in [4.69, 9.17) is 5.73 Å². The molecular formula is C8H15NO2. The van der Waals surface area contributed by atoms with Crippen molar-refractivity contribution in [2.24, 2.45) is 5.73 Å². The summed E-state index contributed by atoms with van der Waals surface area (Å²) in [6.07, 6.45) is 3.60. The van der Waals surface area contributed by atoms with Crippen molar-refractivity contribution in [3.05, 3.63) is 11.6 Å². The summed E-state index contributed by atoms with van der Waals surface area (Å²) in [5.41, 5.74) is 5.93. The normalized spacial score (nSPS) is 11.4. The van der Waals surface area contributed by atoms with Crippen molar-refractivity contribution in [2.75, 3.05) is 13.7 Å². The van der Waals surface area contributed by atoms with Crippen molar-refractivity contribution in [3.8, 4) is 0 Å². The Morgan fingerprint density at radius 2 is 2.27 bits per heavy atom. The number of nitrogens with two attached hydrogens (primary N) is 1. The van der Waals surface area contributed by atoms with Crippen LogP contribution in [0.15, 0.2) is 11.6 Å². The zero-order valence-corrected chi connectivity index (χ0v) is 7.09. The van der Waals surface area contributed by atoms with Crippen LogP contribution in [0.5, 0.6) is 0 Å². The van der Waals surface area contributed by atoms with E-state index in [9.17, 15) is 4.79 Å². The van der Waals surface area contributed by atoms with E-state index in [2.05, 4.69) is 4.74 Å². The Balaban J connectivity index is 3.71. The summed E-state index contributed by atoms with van der Waals surface area (Å²) in [5.74, 6) is -0.262. The molecule has 0 bridgehead atoms. The lowest BCUT2D eigenvalue weighted by molar-refractivity contribution is -0.136. The van der Waals surface area contributed by atoms with E-state index in [0.29, 0.717) is 12.1 Å². The third-order valence-corrected chi connectivity index (χ3v) is 1.37. The molecule has 0 saturated heterocycles. The highest BCUT2D eigenvalue weighted by molar-refractivity contribution is 5.87. The molecule has 2 N–H and O–H groups in total. The van der Waals surface area contributed by atoms with Gasteiger partial charge in [0.25, 0.3) is 0 Å². The second kappa shape index (κ2) is 5.92. The van der Waals surface area contributed by atoms with E-state index in [1.165, 1.54) is 7.11 Å². The number of methoxy groups -OCH3 is 1. The number of hydrogen-bond acceptors (Lipinski definition) is 3. The number of rotatable bonds is 4. The van der Waals surface area contributed by atoms with Gasteiger partial charge in [0.05, 0.1) is 7.11 Å².